The van der Waals surface area contributed by atoms with E-state index in [0.717, 1.165) is 12.2 Å². The van der Waals surface area contributed by atoms with E-state index in [2.05, 4.69) is 48.2 Å². The minimum Gasteiger partial charge on any atom is -0.315 e. The van der Waals surface area contributed by atoms with Crippen LogP contribution in [0.25, 0.3) is 0 Å². The summed E-state index contributed by atoms with van der Waals surface area (Å²) in [5, 5.41) is 3.45. The van der Waals surface area contributed by atoms with Crippen molar-refractivity contribution in [1.29, 1.82) is 0 Å². The fourth-order valence-corrected chi connectivity index (χ4v) is 2.82. The van der Waals surface area contributed by atoms with Crippen LogP contribution in [-0.2, 0) is 6.54 Å². The molecule has 0 spiro atoms. The van der Waals surface area contributed by atoms with Crippen molar-refractivity contribution in [2.75, 3.05) is 13.6 Å². The number of likely N-dealkylation sites (N-methyl/N-ethyl adjacent to an activating group) is 1. The van der Waals surface area contributed by atoms with Crippen LogP contribution in [0.15, 0.2) is 24.4 Å². The number of pyridine rings is 1. The molecule has 94 valence electrons. The molecule has 0 saturated carbocycles. The number of rotatable bonds is 3. The Bertz CT molecular complexity index is 348. The van der Waals surface area contributed by atoms with Crippen molar-refractivity contribution in [2.45, 2.75) is 44.8 Å². The molecule has 0 radical (unpaired) electrons. The second kappa shape index (κ2) is 5.15. The molecule has 2 rings (SSSR count). The first-order valence-electron chi connectivity index (χ1n) is 6.47. The number of hydrogen-bond acceptors (Lipinski definition) is 3. The molecule has 3 heteroatoms. The average Bonchev–Trinajstić information content (AvgIpc) is 2.33. The van der Waals surface area contributed by atoms with E-state index in [4.69, 9.17) is 0 Å². The highest BCUT2D eigenvalue weighted by Gasteiger charge is 2.37. The smallest absolute Gasteiger partial charge is 0.0544 e. The molecule has 2 heterocycles. The summed E-state index contributed by atoms with van der Waals surface area (Å²) in [5.74, 6) is 0. The number of nitrogens with zero attached hydrogens (tertiary/aromatic N) is 2. The summed E-state index contributed by atoms with van der Waals surface area (Å²) in [6.45, 7) is 6.78. The van der Waals surface area contributed by atoms with E-state index in [1.54, 1.807) is 0 Å². The Morgan fingerprint density at radius 3 is 2.94 bits per heavy atom. The van der Waals surface area contributed by atoms with Crippen LogP contribution in [-0.4, -0.2) is 35.1 Å². The van der Waals surface area contributed by atoms with E-state index in [0.29, 0.717) is 6.04 Å². The first kappa shape index (κ1) is 12.5. The first-order chi connectivity index (χ1) is 8.14. The Balaban J connectivity index is 2.10. The summed E-state index contributed by atoms with van der Waals surface area (Å²) in [6, 6.07) is 6.72. The molecule has 17 heavy (non-hydrogen) atoms. The summed E-state index contributed by atoms with van der Waals surface area (Å²) >= 11 is 0. The first-order valence-corrected chi connectivity index (χ1v) is 6.47. The van der Waals surface area contributed by atoms with Gasteiger partial charge in [0.05, 0.1) is 5.69 Å². The molecule has 0 aromatic carbocycles. The molecule has 1 aromatic rings. The second-order valence-electron chi connectivity index (χ2n) is 5.38. The van der Waals surface area contributed by atoms with Gasteiger partial charge in [-0.15, -0.1) is 0 Å². The van der Waals surface area contributed by atoms with Crippen LogP contribution in [0, 0.1) is 0 Å². The molecular weight excluding hydrogens is 210 g/mol. The maximum atomic E-state index is 4.43. The summed E-state index contributed by atoms with van der Waals surface area (Å²) in [5.41, 5.74) is 1.36. The molecule has 0 amide bonds. The lowest BCUT2D eigenvalue weighted by Gasteiger charge is -2.48. The van der Waals surface area contributed by atoms with Gasteiger partial charge in [0.15, 0.2) is 0 Å². The van der Waals surface area contributed by atoms with Crippen LogP contribution >= 0.6 is 0 Å². The van der Waals surface area contributed by atoms with Crippen molar-refractivity contribution >= 4 is 0 Å². The number of likely N-dealkylation sites (tertiary alicyclic amines) is 1. The monoisotopic (exact) mass is 233 g/mol. The normalized spacial score (nSPS) is 24.8. The maximum Gasteiger partial charge on any atom is 0.0544 e. The number of hydrogen-bond donors (Lipinski definition) is 1. The largest absolute Gasteiger partial charge is 0.315 e. The van der Waals surface area contributed by atoms with Crippen molar-refractivity contribution in [1.82, 2.24) is 15.2 Å². The number of aromatic nitrogens is 1. The van der Waals surface area contributed by atoms with E-state index in [1.807, 2.05) is 12.3 Å². The molecule has 1 aliphatic heterocycles. The van der Waals surface area contributed by atoms with Crippen LogP contribution in [0.1, 0.15) is 32.4 Å². The van der Waals surface area contributed by atoms with Gasteiger partial charge in [-0.05, 0) is 52.4 Å². The molecule has 1 atom stereocenters. The lowest BCUT2D eigenvalue weighted by atomic mass is 9.85. The van der Waals surface area contributed by atoms with Gasteiger partial charge in [-0.3, -0.25) is 9.88 Å². The average molecular weight is 233 g/mol. The van der Waals surface area contributed by atoms with Crippen LogP contribution in [0.2, 0.25) is 0 Å². The molecule has 0 bridgehead atoms. The quantitative estimate of drug-likeness (QED) is 0.866. The molecule has 1 fully saturated rings. The molecular formula is C14H23N3. The van der Waals surface area contributed by atoms with Crippen molar-refractivity contribution in [2.24, 2.45) is 0 Å². The lowest BCUT2D eigenvalue weighted by Crippen LogP contribution is -2.59. The molecule has 1 aromatic heterocycles. The maximum absolute atomic E-state index is 4.43. The minimum atomic E-state index is 0.199. The standard InChI is InChI=1S/C14H23N3/c1-14(2)13(15-3)8-6-10-17(14)11-12-7-4-5-9-16-12/h4-5,7,9,13,15H,6,8,10-11H2,1-3H3. The van der Waals surface area contributed by atoms with Gasteiger partial charge >= 0.3 is 0 Å². The summed E-state index contributed by atoms with van der Waals surface area (Å²) in [4.78, 5) is 6.97. The van der Waals surface area contributed by atoms with Gasteiger partial charge in [-0.2, -0.15) is 0 Å². The van der Waals surface area contributed by atoms with Crippen molar-refractivity contribution in [3.63, 3.8) is 0 Å². The van der Waals surface area contributed by atoms with Crippen LogP contribution in [0.3, 0.4) is 0 Å². The van der Waals surface area contributed by atoms with Gasteiger partial charge in [0.25, 0.3) is 0 Å². The molecule has 1 aliphatic rings. The topological polar surface area (TPSA) is 28.2 Å². The summed E-state index contributed by atoms with van der Waals surface area (Å²) < 4.78 is 0. The third-order valence-corrected chi connectivity index (χ3v) is 4.02. The van der Waals surface area contributed by atoms with Crippen LogP contribution < -0.4 is 5.32 Å². The zero-order chi connectivity index (χ0) is 12.3. The highest BCUT2D eigenvalue weighted by molar-refractivity contribution is 5.06. The Kier molecular flexibility index (Phi) is 3.79. The van der Waals surface area contributed by atoms with Crippen LogP contribution in [0.4, 0.5) is 0 Å². The van der Waals surface area contributed by atoms with E-state index in [-0.39, 0.29) is 5.54 Å². The van der Waals surface area contributed by atoms with E-state index in [1.165, 1.54) is 19.4 Å². The number of nitrogens with one attached hydrogen (secondary N) is 1. The zero-order valence-electron chi connectivity index (χ0n) is 11.1. The van der Waals surface area contributed by atoms with Gasteiger partial charge in [0.2, 0.25) is 0 Å². The van der Waals surface area contributed by atoms with Gasteiger partial charge in [0, 0.05) is 24.3 Å². The summed E-state index contributed by atoms with van der Waals surface area (Å²) in [6.07, 6.45) is 4.41. The fraction of sp³-hybridized carbons (Fsp3) is 0.643. The molecule has 3 nitrogen and oxygen atoms in total. The van der Waals surface area contributed by atoms with E-state index >= 15 is 0 Å². The van der Waals surface area contributed by atoms with Gasteiger partial charge < -0.3 is 5.32 Å². The third-order valence-electron chi connectivity index (χ3n) is 4.02. The lowest BCUT2D eigenvalue weighted by molar-refractivity contribution is 0.0377. The minimum absolute atomic E-state index is 0.199. The fourth-order valence-electron chi connectivity index (χ4n) is 2.82. The third kappa shape index (κ3) is 2.67. The van der Waals surface area contributed by atoms with Crippen molar-refractivity contribution in [3.8, 4) is 0 Å². The van der Waals surface area contributed by atoms with Crippen LogP contribution in [0.5, 0.6) is 0 Å². The predicted octanol–water partition coefficient (Wildman–Crippen LogP) is 2.04. The van der Waals surface area contributed by atoms with Gasteiger partial charge in [-0.1, -0.05) is 6.07 Å². The molecule has 1 N–H and O–H groups in total. The molecule has 1 unspecified atom stereocenters. The Hall–Kier alpha value is -0.930. The SMILES string of the molecule is CNC1CCCN(Cc2ccccn2)C1(C)C. The second-order valence-corrected chi connectivity index (χ2v) is 5.38. The predicted molar refractivity (Wildman–Crippen MR) is 70.8 cm³/mol. The number of piperidine rings is 1. The highest BCUT2D eigenvalue weighted by atomic mass is 15.2. The molecule has 0 aliphatic carbocycles. The van der Waals surface area contributed by atoms with E-state index < -0.39 is 0 Å². The van der Waals surface area contributed by atoms with Crippen molar-refractivity contribution < 1.29 is 0 Å². The Labute approximate surface area is 104 Å². The van der Waals surface area contributed by atoms with Gasteiger partial charge in [-0.25, -0.2) is 0 Å². The Morgan fingerprint density at radius 2 is 2.29 bits per heavy atom. The zero-order valence-corrected chi connectivity index (χ0v) is 11.1. The summed E-state index contributed by atoms with van der Waals surface area (Å²) in [7, 11) is 2.07. The Morgan fingerprint density at radius 1 is 1.47 bits per heavy atom. The van der Waals surface area contributed by atoms with Gasteiger partial charge in [0.1, 0.15) is 0 Å². The van der Waals surface area contributed by atoms with Crippen molar-refractivity contribution in [3.05, 3.63) is 30.1 Å². The van der Waals surface area contributed by atoms with E-state index in [9.17, 15) is 0 Å². The molecule has 1 saturated heterocycles. The highest BCUT2D eigenvalue weighted by Crippen LogP contribution is 2.28.